The molecule has 0 saturated carbocycles. The van der Waals surface area contributed by atoms with E-state index in [1.54, 1.807) is 21.2 Å². The highest BCUT2D eigenvalue weighted by Crippen LogP contribution is 2.24. The van der Waals surface area contributed by atoms with Crippen molar-refractivity contribution in [2.45, 2.75) is 13.3 Å². The van der Waals surface area contributed by atoms with E-state index in [-0.39, 0.29) is 6.03 Å². The fourth-order valence-electron chi connectivity index (χ4n) is 1.96. The van der Waals surface area contributed by atoms with Gasteiger partial charge in [-0.15, -0.1) is 0 Å². The number of carbonyl (C=O) groups excluding carboxylic acids is 1. The summed E-state index contributed by atoms with van der Waals surface area (Å²) in [6.07, 6.45) is 0.630. The van der Waals surface area contributed by atoms with Gasteiger partial charge < -0.3 is 19.4 Å². The number of ether oxygens (including phenoxy) is 1. The average molecular weight is 303 g/mol. The van der Waals surface area contributed by atoms with E-state index in [0.717, 1.165) is 22.8 Å². The predicted octanol–water partition coefficient (Wildman–Crippen LogP) is 2.47. The van der Waals surface area contributed by atoms with Gasteiger partial charge in [0.15, 0.2) is 0 Å². The van der Waals surface area contributed by atoms with Gasteiger partial charge >= 0.3 is 6.03 Å². The number of methoxy groups -OCH3 is 1. The second-order valence-corrected chi connectivity index (χ2v) is 5.13. The summed E-state index contributed by atoms with van der Waals surface area (Å²) in [7, 11) is 5.04. The molecular formula is C16H21N3O3. The molecule has 6 nitrogen and oxygen atoms in total. The zero-order chi connectivity index (χ0) is 16.1. The van der Waals surface area contributed by atoms with Crippen LogP contribution >= 0.6 is 0 Å². The second kappa shape index (κ2) is 6.98. The van der Waals surface area contributed by atoms with Gasteiger partial charge in [0.2, 0.25) is 5.89 Å². The molecular weight excluding hydrogens is 282 g/mol. The molecule has 22 heavy (non-hydrogen) atoms. The van der Waals surface area contributed by atoms with Gasteiger partial charge in [-0.05, 0) is 31.2 Å². The fraction of sp³-hybridized carbons (Fsp3) is 0.375. The molecule has 0 aliphatic rings. The van der Waals surface area contributed by atoms with Gasteiger partial charge in [0, 0.05) is 32.6 Å². The number of aryl methyl sites for hydroxylation is 1. The SMILES string of the molecule is COc1ccc(-c2nc(CCNC(=O)N(C)C)c(C)o2)cc1. The Balaban J connectivity index is 2.02. The maximum atomic E-state index is 11.5. The molecule has 0 spiro atoms. The molecule has 6 heteroatoms. The maximum Gasteiger partial charge on any atom is 0.316 e. The Hall–Kier alpha value is -2.50. The molecule has 0 fully saturated rings. The van der Waals surface area contributed by atoms with E-state index in [1.807, 2.05) is 31.2 Å². The maximum absolute atomic E-state index is 11.5. The highest BCUT2D eigenvalue weighted by atomic mass is 16.5. The smallest absolute Gasteiger partial charge is 0.316 e. The number of hydrogen-bond donors (Lipinski definition) is 1. The van der Waals surface area contributed by atoms with Crippen molar-refractivity contribution >= 4 is 6.03 Å². The molecule has 0 unspecified atom stereocenters. The van der Waals surface area contributed by atoms with Crippen LogP contribution in [0, 0.1) is 6.92 Å². The van der Waals surface area contributed by atoms with E-state index in [0.29, 0.717) is 18.9 Å². The standard InChI is InChI=1S/C16H21N3O3/c1-11-14(9-10-17-16(20)19(2)3)18-15(22-11)12-5-7-13(21-4)8-6-12/h5-8H,9-10H2,1-4H3,(H,17,20). The van der Waals surface area contributed by atoms with Crippen molar-refractivity contribution in [1.29, 1.82) is 0 Å². The third kappa shape index (κ3) is 3.78. The molecule has 0 atom stereocenters. The van der Waals surface area contributed by atoms with Crippen molar-refractivity contribution < 1.29 is 13.9 Å². The molecule has 2 aromatic rings. The summed E-state index contributed by atoms with van der Waals surface area (Å²) in [6, 6.07) is 7.43. The van der Waals surface area contributed by atoms with Crippen molar-refractivity contribution in [3.63, 3.8) is 0 Å². The van der Waals surface area contributed by atoms with Crippen LogP contribution in [0.2, 0.25) is 0 Å². The molecule has 1 aromatic carbocycles. The van der Waals surface area contributed by atoms with Gasteiger partial charge in [-0.1, -0.05) is 0 Å². The van der Waals surface area contributed by atoms with Crippen molar-refractivity contribution in [2.75, 3.05) is 27.7 Å². The fourth-order valence-corrected chi connectivity index (χ4v) is 1.96. The average Bonchev–Trinajstić information content (AvgIpc) is 2.88. The van der Waals surface area contributed by atoms with Crippen LogP contribution in [0.1, 0.15) is 11.5 Å². The lowest BCUT2D eigenvalue weighted by Gasteiger charge is -2.11. The Morgan fingerprint density at radius 2 is 2.00 bits per heavy atom. The largest absolute Gasteiger partial charge is 0.497 e. The number of nitrogens with zero attached hydrogens (tertiary/aromatic N) is 2. The van der Waals surface area contributed by atoms with Crippen LogP contribution in [-0.2, 0) is 6.42 Å². The molecule has 0 radical (unpaired) electrons. The minimum atomic E-state index is -0.114. The topological polar surface area (TPSA) is 67.6 Å². The first-order valence-electron chi connectivity index (χ1n) is 7.07. The van der Waals surface area contributed by atoms with Crippen LogP contribution in [0.3, 0.4) is 0 Å². The zero-order valence-electron chi connectivity index (χ0n) is 13.3. The van der Waals surface area contributed by atoms with Crippen LogP contribution in [0.5, 0.6) is 5.75 Å². The first-order chi connectivity index (χ1) is 10.5. The summed E-state index contributed by atoms with van der Waals surface area (Å²) in [4.78, 5) is 17.5. The van der Waals surface area contributed by atoms with Gasteiger partial charge in [0.1, 0.15) is 11.5 Å². The number of urea groups is 1. The molecule has 0 aliphatic heterocycles. The summed E-state index contributed by atoms with van der Waals surface area (Å²) in [5.41, 5.74) is 1.75. The van der Waals surface area contributed by atoms with Gasteiger partial charge in [-0.3, -0.25) is 0 Å². The summed E-state index contributed by atoms with van der Waals surface area (Å²) in [5, 5.41) is 2.81. The van der Waals surface area contributed by atoms with E-state index < -0.39 is 0 Å². The third-order valence-corrected chi connectivity index (χ3v) is 3.27. The number of hydrogen-bond acceptors (Lipinski definition) is 4. The van der Waals surface area contributed by atoms with Crippen molar-refractivity contribution in [2.24, 2.45) is 0 Å². The van der Waals surface area contributed by atoms with E-state index in [2.05, 4.69) is 10.3 Å². The monoisotopic (exact) mass is 303 g/mol. The van der Waals surface area contributed by atoms with Crippen molar-refractivity contribution in [1.82, 2.24) is 15.2 Å². The van der Waals surface area contributed by atoms with Crippen molar-refractivity contribution in [3.05, 3.63) is 35.7 Å². The lowest BCUT2D eigenvalue weighted by Crippen LogP contribution is -2.35. The number of rotatable bonds is 5. The van der Waals surface area contributed by atoms with Gasteiger partial charge in [-0.2, -0.15) is 0 Å². The Bertz CT molecular complexity index is 633. The molecule has 1 heterocycles. The van der Waals surface area contributed by atoms with Crippen LogP contribution in [-0.4, -0.2) is 43.7 Å². The van der Waals surface area contributed by atoms with Crippen LogP contribution in [0.4, 0.5) is 4.79 Å². The van der Waals surface area contributed by atoms with E-state index >= 15 is 0 Å². The van der Waals surface area contributed by atoms with E-state index in [4.69, 9.17) is 9.15 Å². The molecule has 0 bridgehead atoms. The molecule has 1 aromatic heterocycles. The molecule has 0 aliphatic carbocycles. The van der Waals surface area contributed by atoms with E-state index in [9.17, 15) is 4.79 Å². The Morgan fingerprint density at radius 3 is 2.59 bits per heavy atom. The van der Waals surface area contributed by atoms with Crippen molar-refractivity contribution in [3.8, 4) is 17.2 Å². The van der Waals surface area contributed by atoms with Gasteiger partial charge in [0.05, 0.1) is 12.8 Å². The number of nitrogens with one attached hydrogen (secondary N) is 1. The minimum Gasteiger partial charge on any atom is -0.497 e. The highest BCUT2D eigenvalue weighted by Gasteiger charge is 2.12. The highest BCUT2D eigenvalue weighted by molar-refractivity contribution is 5.73. The second-order valence-electron chi connectivity index (χ2n) is 5.13. The minimum absolute atomic E-state index is 0.114. The molecule has 118 valence electrons. The number of benzene rings is 1. The Morgan fingerprint density at radius 1 is 1.32 bits per heavy atom. The van der Waals surface area contributed by atoms with E-state index in [1.165, 1.54) is 4.90 Å². The molecule has 2 amide bonds. The third-order valence-electron chi connectivity index (χ3n) is 3.27. The number of carbonyl (C=O) groups is 1. The number of amides is 2. The molecule has 0 saturated heterocycles. The Kier molecular flexibility index (Phi) is 5.04. The quantitative estimate of drug-likeness (QED) is 0.921. The Labute approximate surface area is 130 Å². The number of aromatic nitrogens is 1. The summed E-state index contributed by atoms with van der Waals surface area (Å²) in [5.74, 6) is 2.14. The lowest BCUT2D eigenvalue weighted by molar-refractivity contribution is 0.217. The van der Waals surface area contributed by atoms with Crippen LogP contribution in [0.15, 0.2) is 28.7 Å². The predicted molar refractivity (Wildman–Crippen MR) is 84.0 cm³/mol. The lowest BCUT2D eigenvalue weighted by atomic mass is 10.2. The van der Waals surface area contributed by atoms with Crippen LogP contribution in [0.25, 0.3) is 11.5 Å². The zero-order valence-corrected chi connectivity index (χ0v) is 13.3. The first-order valence-corrected chi connectivity index (χ1v) is 7.07. The normalized spacial score (nSPS) is 10.4. The van der Waals surface area contributed by atoms with Gasteiger partial charge in [-0.25, -0.2) is 9.78 Å². The molecule has 2 rings (SSSR count). The molecule has 1 N–H and O–H groups in total. The van der Waals surface area contributed by atoms with Gasteiger partial charge in [0.25, 0.3) is 0 Å². The van der Waals surface area contributed by atoms with Crippen LogP contribution < -0.4 is 10.1 Å². The summed E-state index contributed by atoms with van der Waals surface area (Å²) >= 11 is 0. The first kappa shape index (κ1) is 15.9. The summed E-state index contributed by atoms with van der Waals surface area (Å²) < 4.78 is 10.8. The summed E-state index contributed by atoms with van der Waals surface area (Å²) in [6.45, 7) is 2.40. The number of oxazole rings is 1.